The van der Waals surface area contributed by atoms with Gasteiger partial charge in [-0.25, -0.2) is 4.68 Å². The van der Waals surface area contributed by atoms with Gasteiger partial charge in [-0.15, -0.1) is 5.10 Å². The van der Waals surface area contributed by atoms with Crippen LogP contribution in [0.5, 0.6) is 0 Å². The number of piperidine rings is 1. The monoisotopic (exact) mass is 396 g/mol. The van der Waals surface area contributed by atoms with Crippen LogP contribution in [-0.4, -0.2) is 33.3 Å². The third-order valence-electron chi connectivity index (χ3n) is 5.80. The van der Waals surface area contributed by atoms with Crippen LogP contribution in [0.3, 0.4) is 0 Å². The van der Waals surface area contributed by atoms with Crippen LogP contribution < -0.4 is 4.90 Å². The molecule has 0 unspecified atom stereocenters. The molecule has 6 heteroatoms. The Bertz CT molecular complexity index is 869. The van der Waals surface area contributed by atoms with Gasteiger partial charge in [-0.1, -0.05) is 61.0 Å². The summed E-state index contributed by atoms with van der Waals surface area (Å²) in [4.78, 5) is 1.54. The fourth-order valence-corrected chi connectivity index (χ4v) is 4.23. The Morgan fingerprint density at radius 2 is 1.79 bits per heavy atom. The summed E-state index contributed by atoms with van der Waals surface area (Å²) >= 11 is 6.14. The van der Waals surface area contributed by atoms with Crippen LogP contribution in [0.15, 0.2) is 54.6 Å². The highest BCUT2D eigenvalue weighted by Gasteiger charge is 2.33. The summed E-state index contributed by atoms with van der Waals surface area (Å²) in [5.74, 6) is 1.74. The second-order valence-corrected chi connectivity index (χ2v) is 8.26. The van der Waals surface area contributed by atoms with Gasteiger partial charge in [-0.3, -0.25) is 0 Å². The summed E-state index contributed by atoms with van der Waals surface area (Å²) in [6, 6.07) is 18.8. The van der Waals surface area contributed by atoms with E-state index in [1.54, 1.807) is 0 Å². The van der Waals surface area contributed by atoms with Gasteiger partial charge < -0.3 is 4.90 Å². The lowest BCUT2D eigenvalue weighted by molar-refractivity contribution is -0.932. The molecule has 1 aliphatic heterocycles. The summed E-state index contributed by atoms with van der Waals surface area (Å²) in [7, 11) is 0. The van der Waals surface area contributed by atoms with E-state index in [1.807, 2.05) is 22.9 Å². The van der Waals surface area contributed by atoms with E-state index in [1.165, 1.54) is 28.9 Å². The zero-order valence-corrected chi connectivity index (χ0v) is 17.0. The van der Waals surface area contributed by atoms with Crippen molar-refractivity contribution < 1.29 is 4.90 Å². The van der Waals surface area contributed by atoms with Crippen molar-refractivity contribution in [2.75, 3.05) is 13.1 Å². The molecule has 1 fully saturated rings. The third kappa shape index (κ3) is 4.42. The van der Waals surface area contributed by atoms with Crippen LogP contribution in [0, 0.1) is 5.92 Å². The molecular weight excluding hydrogens is 370 g/mol. The van der Waals surface area contributed by atoms with Crippen LogP contribution in [-0.2, 0) is 13.0 Å². The van der Waals surface area contributed by atoms with Crippen molar-refractivity contribution >= 4 is 11.6 Å². The highest BCUT2D eigenvalue weighted by Crippen LogP contribution is 2.21. The minimum absolute atomic E-state index is 0.135. The number of nitrogens with zero attached hydrogens (tertiary/aromatic N) is 4. The van der Waals surface area contributed by atoms with Crippen molar-refractivity contribution in [1.82, 2.24) is 20.2 Å². The lowest BCUT2D eigenvalue weighted by Gasteiger charge is -2.33. The van der Waals surface area contributed by atoms with E-state index < -0.39 is 0 Å². The van der Waals surface area contributed by atoms with Gasteiger partial charge in [-0.05, 0) is 53.3 Å². The standard InChI is InChI=1S/C22H26ClN5/c1-17-11-14-27(15-12-17)21(19-7-9-20(23)10-8-19)22-24-25-26-28(22)16-13-18-5-3-2-4-6-18/h2-10,17,21H,11-16H2,1H3/p+1/t21-/m0/s1. The number of hydrogen-bond acceptors (Lipinski definition) is 3. The van der Waals surface area contributed by atoms with Crippen molar-refractivity contribution in [2.45, 2.75) is 38.8 Å². The molecule has 4 rings (SSSR count). The molecule has 0 bridgehead atoms. The first-order valence-electron chi connectivity index (χ1n) is 10.1. The molecule has 0 saturated carbocycles. The Labute approximate surface area is 171 Å². The van der Waals surface area contributed by atoms with Gasteiger partial charge in [-0.2, -0.15) is 0 Å². The Morgan fingerprint density at radius 3 is 2.50 bits per heavy atom. The number of hydrogen-bond donors (Lipinski definition) is 1. The number of tetrazole rings is 1. The van der Waals surface area contributed by atoms with Crippen LogP contribution >= 0.6 is 11.6 Å². The number of quaternary nitrogens is 1. The highest BCUT2D eigenvalue weighted by atomic mass is 35.5. The first-order valence-corrected chi connectivity index (χ1v) is 10.5. The maximum Gasteiger partial charge on any atom is 0.214 e. The highest BCUT2D eigenvalue weighted by molar-refractivity contribution is 6.30. The average molecular weight is 397 g/mol. The van der Waals surface area contributed by atoms with Crippen molar-refractivity contribution in [3.8, 4) is 0 Å². The van der Waals surface area contributed by atoms with Crippen LogP contribution in [0.25, 0.3) is 0 Å². The molecule has 0 spiro atoms. The molecule has 1 N–H and O–H groups in total. The van der Waals surface area contributed by atoms with Crippen LogP contribution in [0.2, 0.25) is 5.02 Å². The maximum absolute atomic E-state index is 6.14. The predicted molar refractivity (Wildman–Crippen MR) is 110 cm³/mol. The number of nitrogens with one attached hydrogen (secondary N) is 1. The van der Waals surface area contributed by atoms with E-state index in [9.17, 15) is 0 Å². The Kier molecular flexibility index (Phi) is 6.03. The summed E-state index contributed by atoms with van der Waals surface area (Å²) < 4.78 is 1.98. The summed E-state index contributed by atoms with van der Waals surface area (Å²) in [6.45, 7) is 5.40. The van der Waals surface area contributed by atoms with E-state index in [2.05, 4.69) is 58.8 Å². The van der Waals surface area contributed by atoms with E-state index in [4.69, 9.17) is 11.6 Å². The number of halogens is 1. The fraction of sp³-hybridized carbons (Fsp3) is 0.409. The summed E-state index contributed by atoms with van der Waals surface area (Å²) in [5, 5.41) is 13.6. The molecule has 1 aromatic heterocycles. The minimum atomic E-state index is 0.135. The maximum atomic E-state index is 6.14. The van der Waals surface area contributed by atoms with Gasteiger partial charge >= 0.3 is 0 Å². The molecule has 146 valence electrons. The van der Waals surface area contributed by atoms with Gasteiger partial charge in [0, 0.05) is 17.1 Å². The molecule has 5 nitrogen and oxygen atoms in total. The molecule has 2 aromatic carbocycles. The molecule has 0 amide bonds. The molecular formula is C22H27ClN5+. The van der Waals surface area contributed by atoms with Gasteiger partial charge in [0.15, 0.2) is 6.04 Å². The molecule has 3 aromatic rings. The predicted octanol–water partition coefficient (Wildman–Crippen LogP) is 2.97. The zero-order valence-electron chi connectivity index (χ0n) is 16.3. The second kappa shape index (κ2) is 8.84. The van der Waals surface area contributed by atoms with Gasteiger partial charge in [0.2, 0.25) is 5.82 Å². The Balaban J connectivity index is 1.61. The number of likely N-dealkylation sites (tertiary alicyclic amines) is 1. The zero-order chi connectivity index (χ0) is 19.3. The molecule has 1 saturated heterocycles. The largest absolute Gasteiger partial charge is 0.322 e. The molecule has 1 atom stereocenters. The lowest BCUT2D eigenvalue weighted by Crippen LogP contribution is -3.13. The second-order valence-electron chi connectivity index (χ2n) is 7.82. The number of rotatable bonds is 6. The molecule has 0 aliphatic carbocycles. The van der Waals surface area contributed by atoms with E-state index in [0.717, 1.165) is 42.8 Å². The summed E-state index contributed by atoms with van der Waals surface area (Å²) in [5.41, 5.74) is 2.52. The molecule has 1 aliphatic rings. The number of aromatic nitrogens is 4. The Hall–Kier alpha value is -2.24. The first kappa shape index (κ1) is 19.1. The van der Waals surface area contributed by atoms with Gasteiger partial charge in [0.25, 0.3) is 0 Å². The van der Waals surface area contributed by atoms with E-state index >= 15 is 0 Å². The van der Waals surface area contributed by atoms with Crippen molar-refractivity contribution in [3.05, 3.63) is 76.6 Å². The topological polar surface area (TPSA) is 48.0 Å². The normalized spacial score (nSPS) is 20.8. The molecule has 0 radical (unpaired) electrons. The SMILES string of the molecule is CC1CC[NH+]([C@@H](c2ccc(Cl)cc2)c2nnnn2CCc2ccccc2)CC1. The molecule has 28 heavy (non-hydrogen) atoms. The number of benzene rings is 2. The lowest BCUT2D eigenvalue weighted by atomic mass is 9.95. The number of aryl methyl sites for hydroxylation is 2. The van der Waals surface area contributed by atoms with Crippen LogP contribution in [0.1, 0.15) is 42.8 Å². The van der Waals surface area contributed by atoms with Crippen molar-refractivity contribution in [3.63, 3.8) is 0 Å². The van der Waals surface area contributed by atoms with Crippen LogP contribution in [0.4, 0.5) is 0 Å². The summed E-state index contributed by atoms with van der Waals surface area (Å²) in [6.07, 6.45) is 3.40. The minimum Gasteiger partial charge on any atom is -0.322 e. The van der Waals surface area contributed by atoms with E-state index in [-0.39, 0.29) is 6.04 Å². The molecule has 2 heterocycles. The Morgan fingerprint density at radius 1 is 1.07 bits per heavy atom. The average Bonchev–Trinajstić information content (AvgIpc) is 3.18. The fourth-order valence-electron chi connectivity index (χ4n) is 4.10. The van der Waals surface area contributed by atoms with Crippen molar-refractivity contribution in [1.29, 1.82) is 0 Å². The quantitative estimate of drug-likeness (QED) is 0.696. The van der Waals surface area contributed by atoms with Gasteiger partial charge in [0.1, 0.15) is 0 Å². The van der Waals surface area contributed by atoms with E-state index in [0.29, 0.717) is 0 Å². The third-order valence-corrected chi connectivity index (χ3v) is 6.05. The van der Waals surface area contributed by atoms with Gasteiger partial charge in [0.05, 0.1) is 13.1 Å². The van der Waals surface area contributed by atoms with Crippen molar-refractivity contribution in [2.24, 2.45) is 5.92 Å². The smallest absolute Gasteiger partial charge is 0.214 e. The first-order chi connectivity index (χ1) is 13.7.